The molecule has 9 heteroatoms. The Morgan fingerprint density at radius 3 is 2.73 bits per heavy atom. The summed E-state index contributed by atoms with van der Waals surface area (Å²) in [6.45, 7) is 4.74. The van der Waals surface area contributed by atoms with Gasteiger partial charge in [-0.05, 0) is 13.3 Å². The molecule has 0 saturated heterocycles. The van der Waals surface area contributed by atoms with Crippen LogP contribution in [0.3, 0.4) is 0 Å². The molecule has 8 nitrogen and oxygen atoms in total. The molecule has 0 unspecified atom stereocenters. The Morgan fingerprint density at radius 2 is 2.00 bits per heavy atom. The Kier molecular flexibility index (Phi) is 7.73. The molecule has 2 heterocycles. The van der Waals surface area contributed by atoms with Crippen LogP contribution < -0.4 is 5.56 Å². The van der Waals surface area contributed by atoms with Crippen LogP contribution in [-0.2, 0) is 25.5 Å². The lowest BCUT2D eigenvalue weighted by atomic mass is 10.2. The first kappa shape index (κ1) is 20.1. The number of aromatic nitrogens is 2. The van der Waals surface area contributed by atoms with Crippen molar-refractivity contribution in [2.75, 3.05) is 26.4 Å². The fourth-order valence-electron chi connectivity index (χ4n) is 2.19. The molecular formula is C17H22N2O6S. The van der Waals surface area contributed by atoms with Gasteiger partial charge in [-0.3, -0.25) is 14.2 Å². The van der Waals surface area contributed by atoms with Crippen LogP contribution in [0.1, 0.15) is 37.0 Å². The Hall–Kier alpha value is -2.26. The van der Waals surface area contributed by atoms with Crippen molar-refractivity contribution in [3.05, 3.63) is 27.6 Å². The van der Waals surface area contributed by atoms with E-state index < -0.39 is 17.5 Å². The minimum absolute atomic E-state index is 0.125. The van der Waals surface area contributed by atoms with Crippen LogP contribution in [0.15, 0.2) is 16.5 Å². The van der Waals surface area contributed by atoms with Gasteiger partial charge in [-0.25, -0.2) is 9.78 Å². The van der Waals surface area contributed by atoms with E-state index in [-0.39, 0.29) is 30.7 Å². The van der Waals surface area contributed by atoms with Crippen molar-refractivity contribution in [1.82, 2.24) is 9.55 Å². The third kappa shape index (κ3) is 5.12. The first-order chi connectivity index (χ1) is 12.6. The smallest absolute Gasteiger partial charge is 0.339 e. The van der Waals surface area contributed by atoms with Crippen molar-refractivity contribution in [3.63, 3.8) is 0 Å². The molecule has 0 N–H and O–H groups in total. The predicted molar refractivity (Wildman–Crippen MR) is 96.5 cm³/mol. The van der Waals surface area contributed by atoms with Gasteiger partial charge in [0.2, 0.25) is 0 Å². The zero-order valence-corrected chi connectivity index (χ0v) is 15.7. The average molecular weight is 382 g/mol. The van der Waals surface area contributed by atoms with Gasteiger partial charge in [-0.15, -0.1) is 11.3 Å². The molecule has 2 rings (SSSR count). The number of rotatable bonds is 10. The molecule has 26 heavy (non-hydrogen) atoms. The van der Waals surface area contributed by atoms with E-state index in [0.717, 1.165) is 17.4 Å². The van der Waals surface area contributed by atoms with Gasteiger partial charge in [0.15, 0.2) is 0 Å². The average Bonchev–Trinajstić information content (AvgIpc) is 3.05. The number of unbranched alkanes of at least 4 members (excludes halogenated alkanes) is 1. The minimum Gasteiger partial charge on any atom is -0.462 e. The highest BCUT2D eigenvalue weighted by Gasteiger charge is 2.19. The summed E-state index contributed by atoms with van der Waals surface area (Å²) in [5.74, 6) is -1.15. The van der Waals surface area contributed by atoms with E-state index in [1.165, 1.54) is 23.0 Å². The third-order valence-electron chi connectivity index (χ3n) is 3.49. The maximum atomic E-state index is 12.6. The molecule has 0 bridgehead atoms. The van der Waals surface area contributed by atoms with Crippen LogP contribution in [-0.4, -0.2) is 47.9 Å². The van der Waals surface area contributed by atoms with E-state index >= 15 is 0 Å². The summed E-state index contributed by atoms with van der Waals surface area (Å²) in [5, 5.41) is 1.69. The molecule has 0 amide bonds. The molecule has 0 fully saturated rings. The summed E-state index contributed by atoms with van der Waals surface area (Å²) in [5.41, 5.74) is -0.313. The monoisotopic (exact) mass is 382 g/mol. The second-order valence-electron chi connectivity index (χ2n) is 5.41. The van der Waals surface area contributed by atoms with Crippen molar-refractivity contribution < 1.29 is 23.8 Å². The minimum atomic E-state index is -0.581. The molecule has 2 aromatic heterocycles. The summed E-state index contributed by atoms with van der Waals surface area (Å²) in [7, 11) is 0. The highest BCUT2D eigenvalue weighted by Crippen LogP contribution is 2.21. The highest BCUT2D eigenvalue weighted by molar-refractivity contribution is 7.17. The normalized spacial score (nSPS) is 10.8. The topological polar surface area (TPSA) is 96.7 Å². The van der Waals surface area contributed by atoms with Gasteiger partial charge in [-0.1, -0.05) is 13.3 Å². The zero-order chi connectivity index (χ0) is 18.9. The lowest BCUT2D eigenvalue weighted by molar-refractivity contribution is -0.146. The number of hydrogen-bond acceptors (Lipinski definition) is 8. The summed E-state index contributed by atoms with van der Waals surface area (Å²) in [6.07, 6.45) is 3.27. The van der Waals surface area contributed by atoms with Crippen molar-refractivity contribution in [2.24, 2.45) is 0 Å². The largest absolute Gasteiger partial charge is 0.462 e. The first-order valence-electron chi connectivity index (χ1n) is 8.45. The van der Waals surface area contributed by atoms with Crippen LogP contribution in [0.5, 0.6) is 0 Å². The van der Waals surface area contributed by atoms with Crippen molar-refractivity contribution in [1.29, 1.82) is 0 Å². The van der Waals surface area contributed by atoms with Gasteiger partial charge < -0.3 is 14.2 Å². The molecule has 0 radical (unpaired) electrons. The van der Waals surface area contributed by atoms with Gasteiger partial charge in [0.25, 0.3) is 5.56 Å². The molecule has 0 aliphatic carbocycles. The van der Waals surface area contributed by atoms with Gasteiger partial charge in [-0.2, -0.15) is 0 Å². The molecule has 0 saturated carbocycles. The Bertz CT molecular complexity index is 813. The van der Waals surface area contributed by atoms with E-state index in [1.54, 1.807) is 6.92 Å². The van der Waals surface area contributed by atoms with Crippen molar-refractivity contribution in [3.8, 4) is 0 Å². The SMILES string of the molecule is CCCCOCCOC(=O)Cn1cnc2scc(C(=O)OCC)c2c1=O. The standard InChI is InChI=1S/C17H22N2O6S/c1-3-5-6-23-7-8-25-13(20)9-19-11-18-15-14(16(19)21)12(10-26-15)17(22)24-4-2/h10-11H,3-9H2,1-2H3. The van der Waals surface area contributed by atoms with Crippen molar-refractivity contribution >= 4 is 33.5 Å². The van der Waals surface area contributed by atoms with Gasteiger partial charge in [0, 0.05) is 12.0 Å². The number of carbonyl (C=O) groups is 2. The maximum absolute atomic E-state index is 12.6. The molecule has 142 valence electrons. The van der Waals surface area contributed by atoms with Crippen LogP contribution in [0, 0.1) is 0 Å². The van der Waals surface area contributed by atoms with E-state index in [0.29, 0.717) is 18.0 Å². The summed E-state index contributed by atoms with van der Waals surface area (Å²) >= 11 is 1.18. The summed E-state index contributed by atoms with van der Waals surface area (Å²) in [4.78, 5) is 41.0. The summed E-state index contributed by atoms with van der Waals surface area (Å²) in [6, 6.07) is 0. The maximum Gasteiger partial charge on any atom is 0.339 e. The lowest BCUT2D eigenvalue weighted by Crippen LogP contribution is -2.27. The molecule has 0 atom stereocenters. The quantitative estimate of drug-likeness (QED) is 0.458. The number of esters is 2. The van der Waals surface area contributed by atoms with Gasteiger partial charge in [0.1, 0.15) is 18.0 Å². The Labute approximate surface area is 154 Å². The highest BCUT2D eigenvalue weighted by atomic mass is 32.1. The molecule has 0 aliphatic rings. The number of ether oxygens (including phenoxy) is 3. The van der Waals surface area contributed by atoms with Crippen LogP contribution in [0.2, 0.25) is 0 Å². The zero-order valence-electron chi connectivity index (χ0n) is 14.9. The number of fused-ring (bicyclic) bond motifs is 1. The number of nitrogens with zero attached hydrogens (tertiary/aromatic N) is 2. The predicted octanol–water partition coefficient (Wildman–Crippen LogP) is 1.99. The number of carbonyl (C=O) groups excluding carboxylic acids is 2. The molecule has 0 spiro atoms. The number of hydrogen-bond donors (Lipinski definition) is 0. The second kappa shape index (κ2) is 10.0. The molecular weight excluding hydrogens is 360 g/mol. The molecule has 2 aromatic rings. The molecule has 0 aliphatic heterocycles. The Balaban J connectivity index is 2.02. The van der Waals surface area contributed by atoms with E-state index in [9.17, 15) is 14.4 Å². The summed E-state index contributed by atoms with van der Waals surface area (Å²) < 4.78 is 16.4. The fourth-order valence-corrected chi connectivity index (χ4v) is 3.05. The molecule has 0 aromatic carbocycles. The second-order valence-corrected chi connectivity index (χ2v) is 6.27. The number of thiophene rings is 1. The fraction of sp³-hybridized carbons (Fsp3) is 0.529. The Morgan fingerprint density at radius 1 is 1.19 bits per heavy atom. The van der Waals surface area contributed by atoms with E-state index in [2.05, 4.69) is 11.9 Å². The van der Waals surface area contributed by atoms with Gasteiger partial charge in [0.05, 0.1) is 30.5 Å². The first-order valence-corrected chi connectivity index (χ1v) is 9.33. The van der Waals surface area contributed by atoms with Crippen LogP contribution >= 0.6 is 11.3 Å². The van der Waals surface area contributed by atoms with Gasteiger partial charge >= 0.3 is 11.9 Å². The van der Waals surface area contributed by atoms with E-state index in [4.69, 9.17) is 14.2 Å². The third-order valence-corrected chi connectivity index (χ3v) is 4.37. The van der Waals surface area contributed by atoms with Crippen LogP contribution in [0.4, 0.5) is 0 Å². The van der Waals surface area contributed by atoms with Crippen molar-refractivity contribution in [2.45, 2.75) is 33.2 Å². The van der Waals surface area contributed by atoms with Crippen LogP contribution in [0.25, 0.3) is 10.2 Å². The van der Waals surface area contributed by atoms with E-state index in [1.807, 2.05) is 0 Å². The lowest BCUT2D eigenvalue weighted by Gasteiger charge is -2.07.